The molecule has 1 fully saturated rings. The van der Waals surface area contributed by atoms with Crippen LogP contribution in [-0.4, -0.2) is 32.6 Å². The first-order chi connectivity index (χ1) is 8.02. The van der Waals surface area contributed by atoms with E-state index in [-0.39, 0.29) is 23.5 Å². The maximum absolute atomic E-state index is 11.1. The minimum atomic E-state index is -2.84. The average Bonchev–Trinajstić information content (AvgIpc) is 2.26. The van der Waals surface area contributed by atoms with Gasteiger partial charge < -0.3 is 10.5 Å². The van der Waals surface area contributed by atoms with Crippen LogP contribution in [0.15, 0.2) is 24.3 Å². The van der Waals surface area contributed by atoms with Gasteiger partial charge in [0.2, 0.25) is 0 Å². The van der Waals surface area contributed by atoms with Gasteiger partial charge in [0.1, 0.15) is 11.9 Å². The van der Waals surface area contributed by atoms with Crippen molar-refractivity contribution in [1.29, 1.82) is 0 Å². The van der Waals surface area contributed by atoms with E-state index in [2.05, 4.69) is 0 Å². The Morgan fingerprint density at radius 3 is 2.65 bits per heavy atom. The molecular weight excluding hydrogens is 238 g/mol. The van der Waals surface area contributed by atoms with Crippen molar-refractivity contribution in [2.24, 2.45) is 5.73 Å². The van der Waals surface area contributed by atoms with Crippen LogP contribution in [0, 0.1) is 0 Å². The van der Waals surface area contributed by atoms with E-state index in [1.54, 1.807) is 0 Å². The second-order valence-corrected chi connectivity index (χ2v) is 6.65. The first kappa shape index (κ1) is 12.4. The van der Waals surface area contributed by atoms with Gasteiger partial charge in [-0.15, -0.1) is 0 Å². The van der Waals surface area contributed by atoms with E-state index in [0.717, 1.165) is 11.3 Å². The van der Waals surface area contributed by atoms with E-state index < -0.39 is 9.84 Å². The zero-order valence-corrected chi connectivity index (χ0v) is 10.6. The number of ether oxygens (including phenoxy) is 1. The highest BCUT2D eigenvalue weighted by molar-refractivity contribution is 7.92. The highest BCUT2D eigenvalue weighted by atomic mass is 32.2. The van der Waals surface area contributed by atoms with Crippen LogP contribution in [0.2, 0.25) is 0 Å². The van der Waals surface area contributed by atoms with Gasteiger partial charge in [-0.2, -0.15) is 0 Å². The lowest BCUT2D eigenvalue weighted by molar-refractivity contribution is 0.227. The Kier molecular flexibility index (Phi) is 3.40. The van der Waals surface area contributed by atoms with Crippen molar-refractivity contribution >= 4 is 9.84 Å². The fourth-order valence-corrected chi connectivity index (χ4v) is 3.06. The SMILES string of the molecule is CC(CN)c1ccccc1OC1CS(=O)(=O)C1. The molecule has 0 radical (unpaired) electrons. The summed E-state index contributed by atoms with van der Waals surface area (Å²) in [7, 11) is -2.84. The molecule has 2 rings (SSSR count). The summed E-state index contributed by atoms with van der Waals surface area (Å²) in [5, 5.41) is 0. The van der Waals surface area contributed by atoms with E-state index in [9.17, 15) is 8.42 Å². The molecule has 0 saturated carbocycles. The van der Waals surface area contributed by atoms with Crippen LogP contribution in [0.3, 0.4) is 0 Å². The first-order valence-electron chi connectivity index (χ1n) is 5.68. The molecule has 0 aliphatic carbocycles. The summed E-state index contributed by atoms with van der Waals surface area (Å²) in [6, 6.07) is 7.66. The van der Waals surface area contributed by atoms with E-state index in [4.69, 9.17) is 10.5 Å². The number of nitrogens with two attached hydrogens (primary N) is 1. The van der Waals surface area contributed by atoms with E-state index in [1.807, 2.05) is 31.2 Å². The van der Waals surface area contributed by atoms with Gasteiger partial charge in [0.15, 0.2) is 9.84 Å². The van der Waals surface area contributed by atoms with E-state index in [1.165, 1.54) is 0 Å². The predicted octanol–water partition coefficient (Wildman–Crippen LogP) is 0.925. The topological polar surface area (TPSA) is 69.4 Å². The molecule has 5 heteroatoms. The number of para-hydroxylation sites is 1. The van der Waals surface area contributed by atoms with E-state index in [0.29, 0.717) is 6.54 Å². The Morgan fingerprint density at radius 2 is 2.06 bits per heavy atom. The maximum Gasteiger partial charge on any atom is 0.157 e. The Hall–Kier alpha value is -1.07. The third-order valence-electron chi connectivity index (χ3n) is 2.98. The molecule has 0 amide bonds. The minimum Gasteiger partial charge on any atom is -0.488 e. The number of benzene rings is 1. The molecule has 94 valence electrons. The summed E-state index contributed by atoms with van der Waals surface area (Å²) in [5.74, 6) is 1.21. The van der Waals surface area contributed by atoms with Crippen LogP contribution < -0.4 is 10.5 Å². The fourth-order valence-electron chi connectivity index (χ4n) is 1.89. The second-order valence-electron chi connectivity index (χ2n) is 4.49. The Labute approximate surface area is 102 Å². The van der Waals surface area contributed by atoms with Crippen LogP contribution in [0.4, 0.5) is 0 Å². The number of hydrogen-bond donors (Lipinski definition) is 1. The van der Waals surface area contributed by atoms with Crippen molar-refractivity contribution in [2.45, 2.75) is 18.9 Å². The van der Waals surface area contributed by atoms with Crippen molar-refractivity contribution < 1.29 is 13.2 Å². The molecule has 0 spiro atoms. The van der Waals surface area contributed by atoms with Gasteiger partial charge >= 0.3 is 0 Å². The summed E-state index contributed by atoms with van der Waals surface area (Å²) >= 11 is 0. The standard InChI is InChI=1S/C12H17NO3S/c1-9(6-13)11-4-2-3-5-12(11)16-10-7-17(14,15)8-10/h2-5,9-10H,6-8,13H2,1H3. The van der Waals surface area contributed by atoms with Gasteiger partial charge in [-0.3, -0.25) is 0 Å². The smallest absolute Gasteiger partial charge is 0.157 e. The summed E-state index contributed by atoms with van der Waals surface area (Å²) in [6.45, 7) is 2.57. The van der Waals surface area contributed by atoms with Crippen molar-refractivity contribution in [3.8, 4) is 5.75 Å². The highest BCUT2D eigenvalue weighted by Crippen LogP contribution is 2.28. The molecule has 1 aromatic rings. The third kappa shape index (κ3) is 2.79. The maximum atomic E-state index is 11.1. The Morgan fingerprint density at radius 1 is 1.41 bits per heavy atom. The summed E-state index contributed by atoms with van der Waals surface area (Å²) in [5.41, 5.74) is 6.68. The Bertz CT molecular complexity index is 486. The molecular formula is C12H17NO3S. The van der Waals surface area contributed by atoms with Crippen LogP contribution in [0.1, 0.15) is 18.4 Å². The van der Waals surface area contributed by atoms with Crippen LogP contribution in [0.25, 0.3) is 0 Å². The first-order valence-corrected chi connectivity index (χ1v) is 7.50. The molecule has 0 aromatic heterocycles. The van der Waals surface area contributed by atoms with Gasteiger partial charge in [0, 0.05) is 0 Å². The highest BCUT2D eigenvalue weighted by Gasteiger charge is 2.35. The summed E-state index contributed by atoms with van der Waals surface area (Å²) < 4.78 is 27.8. The van der Waals surface area contributed by atoms with E-state index >= 15 is 0 Å². The van der Waals surface area contributed by atoms with Gasteiger partial charge in [-0.25, -0.2) is 8.42 Å². The molecule has 17 heavy (non-hydrogen) atoms. The van der Waals surface area contributed by atoms with Gasteiger partial charge in [-0.05, 0) is 24.1 Å². The van der Waals surface area contributed by atoms with Crippen LogP contribution in [-0.2, 0) is 9.84 Å². The molecule has 1 heterocycles. The van der Waals surface area contributed by atoms with Crippen molar-refractivity contribution in [3.05, 3.63) is 29.8 Å². The molecule has 0 bridgehead atoms. The zero-order valence-electron chi connectivity index (χ0n) is 9.80. The average molecular weight is 255 g/mol. The summed E-state index contributed by atoms with van der Waals surface area (Å²) in [4.78, 5) is 0. The largest absolute Gasteiger partial charge is 0.488 e. The molecule has 1 aromatic carbocycles. The fraction of sp³-hybridized carbons (Fsp3) is 0.500. The van der Waals surface area contributed by atoms with Gasteiger partial charge in [-0.1, -0.05) is 25.1 Å². The van der Waals surface area contributed by atoms with Crippen LogP contribution in [0.5, 0.6) is 5.75 Å². The number of sulfone groups is 1. The zero-order chi connectivity index (χ0) is 12.5. The minimum absolute atomic E-state index is 0.123. The number of rotatable bonds is 4. The quantitative estimate of drug-likeness (QED) is 0.868. The summed E-state index contributed by atoms with van der Waals surface area (Å²) in [6.07, 6.45) is -0.203. The monoisotopic (exact) mass is 255 g/mol. The van der Waals surface area contributed by atoms with Crippen molar-refractivity contribution in [1.82, 2.24) is 0 Å². The predicted molar refractivity (Wildman–Crippen MR) is 67.0 cm³/mol. The second kappa shape index (κ2) is 4.66. The van der Waals surface area contributed by atoms with Crippen LogP contribution >= 0.6 is 0 Å². The van der Waals surface area contributed by atoms with Crippen molar-refractivity contribution in [3.63, 3.8) is 0 Å². The molecule has 1 unspecified atom stereocenters. The van der Waals surface area contributed by atoms with Gasteiger partial charge in [0.05, 0.1) is 11.5 Å². The molecule has 1 aliphatic heterocycles. The number of hydrogen-bond acceptors (Lipinski definition) is 4. The Balaban J connectivity index is 2.11. The lowest BCUT2D eigenvalue weighted by Gasteiger charge is -2.28. The lowest BCUT2D eigenvalue weighted by atomic mass is 10.0. The molecule has 1 saturated heterocycles. The molecule has 2 N–H and O–H groups in total. The molecule has 4 nitrogen and oxygen atoms in total. The van der Waals surface area contributed by atoms with Gasteiger partial charge in [0.25, 0.3) is 0 Å². The normalized spacial score (nSPS) is 20.6. The lowest BCUT2D eigenvalue weighted by Crippen LogP contribution is -2.45. The molecule has 1 atom stereocenters. The molecule has 1 aliphatic rings. The third-order valence-corrected chi connectivity index (χ3v) is 4.74. The van der Waals surface area contributed by atoms with Crippen molar-refractivity contribution in [2.75, 3.05) is 18.1 Å².